The minimum atomic E-state index is -2.82. The van der Waals surface area contributed by atoms with Crippen LogP contribution in [0.25, 0.3) is 0 Å². The van der Waals surface area contributed by atoms with E-state index < -0.39 is 9.84 Å². The van der Waals surface area contributed by atoms with Crippen LogP contribution >= 0.6 is 27.3 Å². The smallest absolute Gasteiger partial charge is 0.150 e. The number of thiophene rings is 1. The number of hydrogen-bond acceptors (Lipinski definition) is 4. The third-order valence-electron chi connectivity index (χ3n) is 3.17. The summed E-state index contributed by atoms with van der Waals surface area (Å²) >= 11 is 5.28. The van der Waals surface area contributed by atoms with E-state index in [-0.39, 0.29) is 12.0 Å². The van der Waals surface area contributed by atoms with Crippen molar-refractivity contribution in [2.24, 2.45) is 5.92 Å². The first kappa shape index (κ1) is 13.5. The molecular weight excluding hydrogens is 322 g/mol. The highest BCUT2D eigenvalue weighted by molar-refractivity contribution is 9.10. The standard InChI is InChI=1S/C11H16BrNO2S2/c1-7-5-9(12)11(16-7)10(13-2)8-3-4-17(14,15)6-8/h5,8,10,13H,3-4,6H2,1-2H3. The molecule has 1 saturated heterocycles. The van der Waals surface area contributed by atoms with Crippen LogP contribution in [0.3, 0.4) is 0 Å². The van der Waals surface area contributed by atoms with Gasteiger partial charge in [-0.25, -0.2) is 8.42 Å². The van der Waals surface area contributed by atoms with Crippen LogP contribution in [-0.4, -0.2) is 27.0 Å². The van der Waals surface area contributed by atoms with Crippen LogP contribution in [0.5, 0.6) is 0 Å². The zero-order chi connectivity index (χ0) is 12.6. The van der Waals surface area contributed by atoms with Crippen LogP contribution < -0.4 is 5.32 Å². The maximum absolute atomic E-state index is 11.5. The third kappa shape index (κ3) is 2.92. The van der Waals surface area contributed by atoms with Crippen LogP contribution in [0.4, 0.5) is 0 Å². The number of nitrogens with one attached hydrogen (secondary N) is 1. The highest BCUT2D eigenvalue weighted by Gasteiger charge is 2.35. The molecule has 0 saturated carbocycles. The van der Waals surface area contributed by atoms with E-state index in [0.717, 1.165) is 10.9 Å². The number of rotatable bonds is 3. The first-order chi connectivity index (χ1) is 7.93. The summed E-state index contributed by atoms with van der Waals surface area (Å²) in [6, 6.07) is 2.23. The van der Waals surface area contributed by atoms with Crippen LogP contribution in [0.1, 0.15) is 22.2 Å². The molecule has 1 aromatic heterocycles. The molecule has 1 N–H and O–H groups in total. The van der Waals surface area contributed by atoms with Gasteiger partial charge >= 0.3 is 0 Å². The van der Waals surface area contributed by atoms with E-state index in [1.165, 1.54) is 9.75 Å². The molecule has 2 heterocycles. The Hall–Kier alpha value is 0.0900. The van der Waals surface area contributed by atoms with Gasteiger partial charge in [-0.15, -0.1) is 11.3 Å². The zero-order valence-electron chi connectivity index (χ0n) is 9.86. The Bertz CT molecular complexity index is 510. The maximum atomic E-state index is 11.5. The van der Waals surface area contributed by atoms with E-state index in [4.69, 9.17) is 0 Å². The average molecular weight is 338 g/mol. The van der Waals surface area contributed by atoms with Crippen LogP contribution in [0, 0.1) is 12.8 Å². The van der Waals surface area contributed by atoms with Gasteiger partial charge in [-0.1, -0.05) is 0 Å². The second-order valence-electron chi connectivity index (χ2n) is 4.50. The van der Waals surface area contributed by atoms with Gasteiger partial charge in [0.15, 0.2) is 9.84 Å². The Kier molecular flexibility index (Phi) is 3.97. The van der Waals surface area contributed by atoms with Crippen molar-refractivity contribution in [3.63, 3.8) is 0 Å². The molecule has 3 nitrogen and oxygen atoms in total. The summed E-state index contributed by atoms with van der Waals surface area (Å²) in [4.78, 5) is 2.46. The summed E-state index contributed by atoms with van der Waals surface area (Å²) in [6.45, 7) is 2.07. The highest BCUT2D eigenvalue weighted by atomic mass is 79.9. The van der Waals surface area contributed by atoms with Gasteiger partial charge in [0.2, 0.25) is 0 Å². The summed E-state index contributed by atoms with van der Waals surface area (Å²) in [7, 11) is -0.915. The lowest BCUT2D eigenvalue weighted by molar-refractivity contribution is 0.423. The van der Waals surface area contributed by atoms with Crippen molar-refractivity contribution in [3.05, 3.63) is 20.3 Å². The van der Waals surface area contributed by atoms with Crippen molar-refractivity contribution < 1.29 is 8.42 Å². The molecule has 0 spiro atoms. The molecule has 2 rings (SSSR count). The molecule has 2 unspecified atom stereocenters. The Balaban J connectivity index is 2.26. The van der Waals surface area contributed by atoms with Crippen molar-refractivity contribution in [1.29, 1.82) is 0 Å². The zero-order valence-corrected chi connectivity index (χ0v) is 13.1. The molecule has 17 heavy (non-hydrogen) atoms. The molecule has 1 aromatic rings. The largest absolute Gasteiger partial charge is 0.312 e. The van der Waals surface area contributed by atoms with E-state index >= 15 is 0 Å². The van der Waals surface area contributed by atoms with E-state index in [0.29, 0.717) is 11.5 Å². The van der Waals surface area contributed by atoms with Crippen molar-refractivity contribution in [2.45, 2.75) is 19.4 Å². The molecule has 96 valence electrons. The summed E-state index contributed by atoms with van der Waals surface area (Å²) in [5.74, 6) is 0.832. The fourth-order valence-corrected chi connectivity index (χ4v) is 6.32. The quantitative estimate of drug-likeness (QED) is 0.921. The van der Waals surface area contributed by atoms with Crippen molar-refractivity contribution in [1.82, 2.24) is 5.32 Å². The van der Waals surface area contributed by atoms with Gasteiger partial charge < -0.3 is 5.32 Å². The average Bonchev–Trinajstić information content (AvgIpc) is 2.72. The van der Waals surface area contributed by atoms with Gasteiger partial charge in [0.05, 0.1) is 11.5 Å². The molecule has 1 fully saturated rings. The van der Waals surface area contributed by atoms with E-state index in [2.05, 4.69) is 34.2 Å². The van der Waals surface area contributed by atoms with Gasteiger partial charge in [-0.2, -0.15) is 0 Å². The molecule has 1 aliphatic rings. The second-order valence-corrected chi connectivity index (χ2v) is 8.87. The molecule has 0 aromatic carbocycles. The van der Waals surface area contributed by atoms with Crippen LogP contribution in [0.2, 0.25) is 0 Å². The first-order valence-corrected chi connectivity index (χ1v) is 8.99. The highest BCUT2D eigenvalue weighted by Crippen LogP contribution is 2.39. The fraction of sp³-hybridized carbons (Fsp3) is 0.636. The predicted octanol–water partition coefficient (Wildman–Crippen LogP) is 2.51. The minimum Gasteiger partial charge on any atom is -0.312 e. The second kappa shape index (κ2) is 4.99. The van der Waals surface area contributed by atoms with Gasteiger partial charge in [-0.3, -0.25) is 0 Å². The van der Waals surface area contributed by atoms with Gasteiger partial charge in [0, 0.05) is 20.3 Å². The summed E-state index contributed by atoms with van der Waals surface area (Å²) < 4.78 is 24.2. The number of hydrogen-bond donors (Lipinski definition) is 1. The predicted molar refractivity (Wildman–Crippen MR) is 75.3 cm³/mol. The third-order valence-corrected chi connectivity index (χ3v) is 7.01. The van der Waals surface area contributed by atoms with Crippen molar-refractivity contribution in [3.8, 4) is 0 Å². The summed E-state index contributed by atoms with van der Waals surface area (Å²) in [6.07, 6.45) is 0.761. The van der Waals surface area contributed by atoms with Crippen LogP contribution in [0.15, 0.2) is 10.5 Å². The first-order valence-electron chi connectivity index (χ1n) is 5.56. The molecule has 0 aliphatic carbocycles. The monoisotopic (exact) mass is 337 g/mol. The van der Waals surface area contributed by atoms with Gasteiger partial charge in [0.25, 0.3) is 0 Å². The lowest BCUT2D eigenvalue weighted by Gasteiger charge is -2.21. The van der Waals surface area contributed by atoms with Gasteiger partial charge in [-0.05, 0) is 48.3 Å². The Morgan fingerprint density at radius 1 is 1.59 bits per heavy atom. The molecule has 0 amide bonds. The molecule has 6 heteroatoms. The SMILES string of the molecule is CNC(c1sc(C)cc1Br)C1CCS(=O)(=O)C1. The molecular formula is C11H16BrNO2S2. The molecule has 1 aliphatic heterocycles. The minimum absolute atomic E-state index is 0.139. The number of halogens is 1. The molecule has 0 bridgehead atoms. The Labute approximate surface area is 115 Å². The Morgan fingerprint density at radius 3 is 2.71 bits per heavy atom. The van der Waals surface area contributed by atoms with E-state index in [1.54, 1.807) is 11.3 Å². The maximum Gasteiger partial charge on any atom is 0.150 e. The summed E-state index contributed by atoms with van der Waals surface area (Å²) in [5, 5.41) is 3.27. The lowest BCUT2D eigenvalue weighted by Crippen LogP contribution is -2.25. The number of aryl methyl sites for hydroxylation is 1. The lowest BCUT2D eigenvalue weighted by atomic mass is 9.98. The Morgan fingerprint density at radius 2 is 2.29 bits per heavy atom. The molecule has 0 radical (unpaired) electrons. The van der Waals surface area contributed by atoms with Crippen molar-refractivity contribution in [2.75, 3.05) is 18.6 Å². The topological polar surface area (TPSA) is 46.2 Å². The molecule has 2 atom stereocenters. The van der Waals surface area contributed by atoms with E-state index in [9.17, 15) is 8.42 Å². The van der Waals surface area contributed by atoms with Crippen LogP contribution in [-0.2, 0) is 9.84 Å². The van der Waals surface area contributed by atoms with Gasteiger partial charge in [0.1, 0.15) is 0 Å². The number of sulfone groups is 1. The fourth-order valence-electron chi connectivity index (χ4n) is 2.38. The summed E-state index contributed by atoms with van der Waals surface area (Å²) in [5.41, 5.74) is 0. The van der Waals surface area contributed by atoms with E-state index in [1.807, 2.05) is 7.05 Å². The van der Waals surface area contributed by atoms with Crippen molar-refractivity contribution >= 4 is 37.1 Å². The normalized spacial score (nSPS) is 25.0.